The van der Waals surface area contributed by atoms with Gasteiger partial charge in [0.1, 0.15) is 0 Å². The number of likely N-dealkylation sites (N-methyl/N-ethyl adjacent to an activating group) is 1. The van der Waals surface area contributed by atoms with Crippen molar-refractivity contribution in [3.05, 3.63) is 18.7 Å². The van der Waals surface area contributed by atoms with E-state index in [0.717, 1.165) is 84.6 Å². The van der Waals surface area contributed by atoms with Gasteiger partial charge in [0.2, 0.25) is 0 Å². The van der Waals surface area contributed by atoms with Gasteiger partial charge in [-0.3, -0.25) is 0 Å². The molecule has 0 aliphatic carbocycles. The van der Waals surface area contributed by atoms with Crippen LogP contribution in [0, 0.1) is 0 Å². The van der Waals surface area contributed by atoms with E-state index in [-0.39, 0.29) is 0 Å². The first-order valence-electron chi connectivity index (χ1n) is 9.77. The number of aryl methyl sites for hydroxylation is 1. The van der Waals surface area contributed by atoms with Gasteiger partial charge >= 0.3 is 0 Å². The van der Waals surface area contributed by atoms with Crippen LogP contribution in [0.15, 0.2) is 18.7 Å². The molecule has 0 saturated carbocycles. The zero-order chi connectivity index (χ0) is 18.6. The van der Waals surface area contributed by atoms with Gasteiger partial charge in [0, 0.05) is 32.0 Å². The van der Waals surface area contributed by atoms with Crippen LogP contribution in [0.1, 0.15) is 39.0 Å². The molecule has 1 rings (SSSR count). The molecule has 148 valence electrons. The second-order valence-corrected chi connectivity index (χ2v) is 6.12. The highest BCUT2D eigenvalue weighted by molar-refractivity contribution is 4.73. The van der Waals surface area contributed by atoms with Crippen LogP contribution in [-0.2, 0) is 6.54 Å². The van der Waals surface area contributed by atoms with E-state index in [9.17, 15) is 0 Å². The summed E-state index contributed by atoms with van der Waals surface area (Å²) in [6, 6.07) is 0. The molecule has 0 amide bonds. The summed E-state index contributed by atoms with van der Waals surface area (Å²) in [6.07, 6.45) is 11.2. The van der Waals surface area contributed by atoms with Gasteiger partial charge in [-0.25, -0.2) is 4.98 Å². The molecule has 0 spiro atoms. The summed E-state index contributed by atoms with van der Waals surface area (Å²) in [5, 5.41) is 3.43. The lowest BCUT2D eigenvalue weighted by Crippen LogP contribution is -2.33. The lowest BCUT2D eigenvalue weighted by Gasteiger charge is -2.20. The normalized spacial score (nSPS) is 10.8. The maximum atomic E-state index is 5.49. The van der Waals surface area contributed by atoms with E-state index in [4.69, 9.17) is 17.2 Å². The quantitative estimate of drug-likeness (QED) is 0.343. The summed E-state index contributed by atoms with van der Waals surface area (Å²) in [4.78, 5) is 6.37. The number of rotatable bonds is 15. The Hall–Kier alpha value is -0.990. The smallest absolute Gasteiger partial charge is 0.0945 e. The molecule has 0 bridgehead atoms. The number of hydrogen-bond donors (Lipinski definition) is 4. The Balaban J connectivity index is 0.000000496. The molecule has 0 fully saturated rings. The number of nitrogens with zero attached hydrogens (tertiary/aromatic N) is 3. The SMILES string of the molecule is CCN(CCCN)CCNCCCCN.NCCCCn1ccnc1. The summed E-state index contributed by atoms with van der Waals surface area (Å²) >= 11 is 0. The zero-order valence-electron chi connectivity index (χ0n) is 16.2. The third kappa shape index (κ3) is 16.2. The second-order valence-electron chi connectivity index (χ2n) is 6.12. The van der Waals surface area contributed by atoms with Gasteiger partial charge in [-0.2, -0.15) is 0 Å². The van der Waals surface area contributed by atoms with Crippen LogP contribution in [-0.4, -0.2) is 66.8 Å². The molecule has 7 N–H and O–H groups in total. The Morgan fingerprint density at radius 3 is 2.24 bits per heavy atom. The van der Waals surface area contributed by atoms with Gasteiger partial charge in [-0.15, -0.1) is 0 Å². The molecule has 7 nitrogen and oxygen atoms in total. The molecule has 1 aromatic rings. The van der Waals surface area contributed by atoms with Crippen molar-refractivity contribution < 1.29 is 0 Å². The van der Waals surface area contributed by atoms with Crippen LogP contribution in [0.2, 0.25) is 0 Å². The molecule has 0 aromatic carbocycles. The van der Waals surface area contributed by atoms with E-state index in [2.05, 4.69) is 26.7 Å². The van der Waals surface area contributed by atoms with E-state index in [1.807, 2.05) is 12.5 Å². The highest BCUT2D eigenvalue weighted by Gasteiger charge is 1.99. The van der Waals surface area contributed by atoms with Crippen molar-refractivity contribution in [3.63, 3.8) is 0 Å². The Morgan fingerprint density at radius 1 is 0.920 bits per heavy atom. The van der Waals surface area contributed by atoms with Crippen LogP contribution in [0.4, 0.5) is 0 Å². The Morgan fingerprint density at radius 2 is 1.64 bits per heavy atom. The first-order valence-corrected chi connectivity index (χ1v) is 9.77. The van der Waals surface area contributed by atoms with E-state index in [0.29, 0.717) is 0 Å². The fraction of sp³-hybridized carbons (Fsp3) is 0.833. The molecule has 0 unspecified atom stereocenters. The van der Waals surface area contributed by atoms with Gasteiger partial charge in [0.25, 0.3) is 0 Å². The van der Waals surface area contributed by atoms with Gasteiger partial charge in [0.15, 0.2) is 0 Å². The van der Waals surface area contributed by atoms with Crippen LogP contribution in [0.3, 0.4) is 0 Å². The average Bonchev–Trinajstić information content (AvgIpc) is 3.15. The number of unbranched alkanes of at least 4 members (excludes halogenated alkanes) is 2. The first-order chi connectivity index (χ1) is 12.3. The summed E-state index contributed by atoms with van der Waals surface area (Å²) in [5.41, 5.74) is 16.3. The number of hydrogen-bond acceptors (Lipinski definition) is 6. The van der Waals surface area contributed by atoms with E-state index < -0.39 is 0 Å². The lowest BCUT2D eigenvalue weighted by molar-refractivity contribution is 0.285. The Kier molecular flexibility index (Phi) is 18.6. The molecule has 0 aliphatic rings. The number of nitrogens with one attached hydrogen (secondary N) is 1. The monoisotopic (exact) mass is 355 g/mol. The summed E-state index contributed by atoms with van der Waals surface area (Å²) < 4.78 is 2.07. The summed E-state index contributed by atoms with van der Waals surface area (Å²) in [7, 11) is 0. The second kappa shape index (κ2) is 19.3. The van der Waals surface area contributed by atoms with Crippen LogP contribution in [0.5, 0.6) is 0 Å². The predicted octanol–water partition coefficient (Wildman–Crippen LogP) is 0.608. The fourth-order valence-electron chi connectivity index (χ4n) is 2.36. The predicted molar refractivity (Wildman–Crippen MR) is 107 cm³/mol. The minimum absolute atomic E-state index is 0.786. The third-order valence-corrected chi connectivity index (χ3v) is 3.97. The topological polar surface area (TPSA) is 111 Å². The molecule has 25 heavy (non-hydrogen) atoms. The highest BCUT2D eigenvalue weighted by atomic mass is 15.1. The van der Waals surface area contributed by atoms with Crippen molar-refractivity contribution in [2.45, 2.75) is 45.6 Å². The lowest BCUT2D eigenvalue weighted by atomic mass is 10.3. The van der Waals surface area contributed by atoms with Gasteiger partial charge in [-0.1, -0.05) is 6.92 Å². The molecular weight excluding hydrogens is 314 g/mol. The molecule has 0 aliphatic heterocycles. The van der Waals surface area contributed by atoms with E-state index >= 15 is 0 Å². The summed E-state index contributed by atoms with van der Waals surface area (Å²) in [6.45, 7) is 11.1. The fourth-order valence-corrected chi connectivity index (χ4v) is 2.36. The molecule has 0 atom stereocenters. The molecule has 7 heteroatoms. The van der Waals surface area contributed by atoms with Crippen molar-refractivity contribution in [2.75, 3.05) is 52.4 Å². The van der Waals surface area contributed by atoms with Gasteiger partial charge in [0.05, 0.1) is 6.33 Å². The van der Waals surface area contributed by atoms with Crippen LogP contribution < -0.4 is 22.5 Å². The maximum absolute atomic E-state index is 5.49. The molecule has 1 aromatic heterocycles. The van der Waals surface area contributed by atoms with Gasteiger partial charge in [-0.05, 0) is 71.4 Å². The molecule has 0 saturated heterocycles. The largest absolute Gasteiger partial charge is 0.337 e. The van der Waals surface area contributed by atoms with Crippen molar-refractivity contribution in [2.24, 2.45) is 17.2 Å². The molecule has 0 radical (unpaired) electrons. The molecule has 1 heterocycles. The van der Waals surface area contributed by atoms with E-state index in [1.165, 1.54) is 6.42 Å². The van der Waals surface area contributed by atoms with Crippen molar-refractivity contribution in [3.8, 4) is 0 Å². The van der Waals surface area contributed by atoms with E-state index in [1.54, 1.807) is 6.20 Å². The minimum atomic E-state index is 0.786. The minimum Gasteiger partial charge on any atom is -0.337 e. The average molecular weight is 356 g/mol. The van der Waals surface area contributed by atoms with Crippen molar-refractivity contribution >= 4 is 0 Å². The van der Waals surface area contributed by atoms with Crippen molar-refractivity contribution in [1.29, 1.82) is 0 Å². The Bertz CT molecular complexity index is 343. The first kappa shape index (κ1) is 24.0. The number of nitrogens with two attached hydrogens (primary N) is 3. The molecular formula is C18H41N7. The Labute approximate surface area is 154 Å². The third-order valence-electron chi connectivity index (χ3n) is 3.97. The number of aromatic nitrogens is 2. The maximum Gasteiger partial charge on any atom is 0.0945 e. The number of imidazole rings is 1. The van der Waals surface area contributed by atoms with Gasteiger partial charge < -0.3 is 32.0 Å². The highest BCUT2D eigenvalue weighted by Crippen LogP contribution is 1.92. The van der Waals surface area contributed by atoms with Crippen LogP contribution >= 0.6 is 0 Å². The standard InChI is InChI=1S/C11H28N4.C7H13N3/c1-2-15(10-5-7-13)11-9-14-8-4-3-6-12;8-3-1-2-5-10-6-4-9-7-10/h14H,2-13H2,1H3;4,6-7H,1-3,5,8H2. The zero-order valence-corrected chi connectivity index (χ0v) is 16.2. The van der Waals surface area contributed by atoms with Crippen LogP contribution in [0.25, 0.3) is 0 Å². The van der Waals surface area contributed by atoms with Crippen molar-refractivity contribution in [1.82, 2.24) is 19.8 Å². The summed E-state index contributed by atoms with van der Waals surface area (Å²) in [5.74, 6) is 0.